The zero-order valence-electron chi connectivity index (χ0n) is 12.9. The van der Waals surface area contributed by atoms with E-state index in [9.17, 15) is 9.90 Å². The molecule has 1 atom stereocenters. The summed E-state index contributed by atoms with van der Waals surface area (Å²) >= 11 is 5.93. The second-order valence-electron chi connectivity index (χ2n) is 5.23. The maximum Gasteiger partial charge on any atom is 0.241 e. The number of hydrogen-bond donors (Lipinski definition) is 2. The number of benzene rings is 1. The monoisotopic (exact) mass is 333 g/mol. The molecule has 5 nitrogen and oxygen atoms in total. The highest BCUT2D eigenvalue weighted by atomic mass is 35.5. The predicted molar refractivity (Wildman–Crippen MR) is 91.3 cm³/mol. The fourth-order valence-corrected chi connectivity index (χ4v) is 2.43. The van der Waals surface area contributed by atoms with Crippen LogP contribution in [0.5, 0.6) is 0 Å². The highest BCUT2D eigenvalue weighted by Gasteiger charge is 2.21. The Hall–Kier alpha value is -1.95. The molecule has 122 valence electrons. The summed E-state index contributed by atoms with van der Waals surface area (Å²) in [5.41, 5.74) is 1.64. The molecule has 0 bridgehead atoms. The van der Waals surface area contributed by atoms with E-state index in [1.54, 1.807) is 36.7 Å². The van der Waals surface area contributed by atoms with Gasteiger partial charge in [-0.1, -0.05) is 23.7 Å². The van der Waals surface area contributed by atoms with Gasteiger partial charge in [0, 0.05) is 36.2 Å². The molecule has 2 N–H and O–H groups in total. The average molecular weight is 334 g/mol. The van der Waals surface area contributed by atoms with Crippen molar-refractivity contribution < 1.29 is 9.90 Å². The molecule has 0 aliphatic rings. The molecule has 1 aromatic carbocycles. The van der Waals surface area contributed by atoms with Gasteiger partial charge in [-0.2, -0.15) is 0 Å². The summed E-state index contributed by atoms with van der Waals surface area (Å²) in [7, 11) is 0. The highest BCUT2D eigenvalue weighted by Crippen LogP contribution is 2.16. The summed E-state index contributed by atoms with van der Waals surface area (Å²) in [6.07, 6.45) is 3.46. The zero-order chi connectivity index (χ0) is 16.7. The number of nitrogens with one attached hydrogen (secondary N) is 1. The Balaban J connectivity index is 2.04. The summed E-state index contributed by atoms with van der Waals surface area (Å²) in [4.78, 5) is 18.4. The Kier molecular flexibility index (Phi) is 6.52. The number of aliphatic hydroxyl groups is 1. The summed E-state index contributed by atoms with van der Waals surface area (Å²) in [5, 5.41) is 12.7. The number of aromatic nitrogens is 1. The first-order valence-corrected chi connectivity index (χ1v) is 7.78. The number of hydrogen-bond acceptors (Lipinski definition) is 4. The summed E-state index contributed by atoms with van der Waals surface area (Å²) in [6, 6.07) is 10.4. The third-order valence-electron chi connectivity index (χ3n) is 3.51. The van der Waals surface area contributed by atoms with Crippen molar-refractivity contribution in [1.82, 2.24) is 9.88 Å². The molecular weight excluding hydrogens is 314 g/mol. The third-order valence-corrected chi connectivity index (χ3v) is 3.75. The number of carbonyl (C=O) groups is 1. The molecule has 2 aromatic rings. The molecule has 1 amide bonds. The van der Waals surface area contributed by atoms with Gasteiger partial charge in [0.15, 0.2) is 0 Å². The summed E-state index contributed by atoms with van der Waals surface area (Å²) in [6.45, 7) is 2.73. The molecule has 0 saturated heterocycles. The normalized spacial score (nSPS) is 12.2. The lowest BCUT2D eigenvalue weighted by Gasteiger charge is -2.27. The van der Waals surface area contributed by atoms with Gasteiger partial charge in [-0.05, 0) is 36.8 Å². The van der Waals surface area contributed by atoms with Crippen LogP contribution in [0.2, 0.25) is 5.02 Å². The molecule has 0 saturated carbocycles. The van der Waals surface area contributed by atoms with Gasteiger partial charge in [0.25, 0.3) is 0 Å². The molecule has 0 aliphatic carbocycles. The van der Waals surface area contributed by atoms with Crippen molar-refractivity contribution in [2.45, 2.75) is 19.5 Å². The van der Waals surface area contributed by atoms with Crippen LogP contribution >= 0.6 is 11.6 Å². The molecule has 2 rings (SSSR count). The van der Waals surface area contributed by atoms with Gasteiger partial charge in [0.1, 0.15) is 0 Å². The number of aliphatic hydroxyl groups excluding tert-OH is 1. The second kappa shape index (κ2) is 8.62. The lowest BCUT2D eigenvalue weighted by molar-refractivity contribution is -0.121. The minimum absolute atomic E-state index is 0.0188. The molecule has 6 heteroatoms. The maximum absolute atomic E-state index is 12.4. The number of amides is 1. The van der Waals surface area contributed by atoms with Crippen molar-refractivity contribution in [3.05, 3.63) is 59.4 Å². The van der Waals surface area contributed by atoms with Gasteiger partial charge < -0.3 is 10.4 Å². The molecule has 0 spiro atoms. The Morgan fingerprint density at radius 1 is 1.39 bits per heavy atom. The van der Waals surface area contributed by atoms with Crippen molar-refractivity contribution in [1.29, 1.82) is 0 Å². The Bertz CT molecular complexity index is 637. The first kappa shape index (κ1) is 17.4. The number of nitrogens with zero attached hydrogens (tertiary/aromatic N) is 2. The lowest BCUT2D eigenvalue weighted by atomic mass is 10.2. The molecule has 23 heavy (non-hydrogen) atoms. The largest absolute Gasteiger partial charge is 0.395 e. The second-order valence-corrected chi connectivity index (χ2v) is 5.67. The molecule has 1 unspecified atom stereocenters. The van der Waals surface area contributed by atoms with Crippen molar-refractivity contribution in [2.24, 2.45) is 0 Å². The van der Waals surface area contributed by atoms with Crippen LogP contribution in [0.1, 0.15) is 12.5 Å². The Morgan fingerprint density at radius 3 is 2.87 bits per heavy atom. The predicted octanol–water partition coefficient (Wildman–Crippen LogP) is 2.56. The van der Waals surface area contributed by atoms with E-state index in [2.05, 4.69) is 10.3 Å². The van der Waals surface area contributed by atoms with Crippen LogP contribution in [0.4, 0.5) is 5.69 Å². The van der Waals surface area contributed by atoms with Crippen LogP contribution in [-0.4, -0.2) is 40.1 Å². The first-order chi connectivity index (χ1) is 11.1. The number of anilines is 1. The van der Waals surface area contributed by atoms with E-state index in [1.165, 1.54) is 0 Å². The Morgan fingerprint density at radius 2 is 2.22 bits per heavy atom. The zero-order valence-corrected chi connectivity index (χ0v) is 13.7. The highest BCUT2D eigenvalue weighted by molar-refractivity contribution is 6.30. The van der Waals surface area contributed by atoms with Crippen LogP contribution in [0.15, 0.2) is 48.8 Å². The molecular formula is C17H20ClN3O2. The number of carbonyl (C=O) groups excluding carboxylic acids is 1. The summed E-state index contributed by atoms with van der Waals surface area (Å²) < 4.78 is 0. The quantitative estimate of drug-likeness (QED) is 0.817. The van der Waals surface area contributed by atoms with Crippen molar-refractivity contribution >= 4 is 23.2 Å². The molecule has 1 heterocycles. The minimum atomic E-state index is -0.402. The minimum Gasteiger partial charge on any atom is -0.395 e. The van der Waals surface area contributed by atoms with E-state index in [0.29, 0.717) is 23.8 Å². The number of rotatable bonds is 7. The number of halogens is 1. The molecule has 0 fully saturated rings. The maximum atomic E-state index is 12.4. The standard InChI is InChI=1S/C17H20ClN3O2/c1-13(17(23)20-16-6-2-5-15(18)10-16)21(8-9-22)12-14-4-3-7-19-11-14/h2-7,10-11,13,22H,8-9,12H2,1H3,(H,20,23). The summed E-state index contributed by atoms with van der Waals surface area (Å²) in [5.74, 6) is -0.149. The fourth-order valence-electron chi connectivity index (χ4n) is 2.24. The topological polar surface area (TPSA) is 65.5 Å². The van der Waals surface area contributed by atoms with Crippen molar-refractivity contribution in [3.63, 3.8) is 0 Å². The third kappa shape index (κ3) is 5.32. The molecule has 0 radical (unpaired) electrons. The van der Waals surface area contributed by atoms with E-state index < -0.39 is 6.04 Å². The van der Waals surface area contributed by atoms with Gasteiger partial charge in [-0.25, -0.2) is 0 Å². The van der Waals surface area contributed by atoms with Crippen LogP contribution < -0.4 is 5.32 Å². The average Bonchev–Trinajstić information content (AvgIpc) is 2.55. The van der Waals surface area contributed by atoms with Gasteiger partial charge in [0.05, 0.1) is 12.6 Å². The van der Waals surface area contributed by atoms with Crippen LogP contribution in [0, 0.1) is 0 Å². The van der Waals surface area contributed by atoms with Crippen LogP contribution in [0.3, 0.4) is 0 Å². The van der Waals surface area contributed by atoms with Gasteiger partial charge in [-0.15, -0.1) is 0 Å². The van der Waals surface area contributed by atoms with Gasteiger partial charge in [-0.3, -0.25) is 14.7 Å². The first-order valence-electron chi connectivity index (χ1n) is 7.40. The Labute approximate surface area is 140 Å². The van der Waals surface area contributed by atoms with E-state index >= 15 is 0 Å². The van der Waals surface area contributed by atoms with Crippen LogP contribution in [0.25, 0.3) is 0 Å². The van der Waals surface area contributed by atoms with E-state index in [0.717, 1.165) is 5.56 Å². The van der Waals surface area contributed by atoms with Crippen molar-refractivity contribution in [2.75, 3.05) is 18.5 Å². The fraction of sp³-hybridized carbons (Fsp3) is 0.294. The van der Waals surface area contributed by atoms with Crippen LogP contribution in [-0.2, 0) is 11.3 Å². The van der Waals surface area contributed by atoms with E-state index in [1.807, 2.05) is 24.0 Å². The number of pyridine rings is 1. The lowest BCUT2D eigenvalue weighted by Crippen LogP contribution is -2.43. The SMILES string of the molecule is CC(C(=O)Nc1cccc(Cl)c1)N(CCO)Cc1cccnc1. The van der Waals surface area contributed by atoms with Gasteiger partial charge >= 0.3 is 0 Å². The molecule has 1 aromatic heterocycles. The van der Waals surface area contributed by atoms with E-state index in [4.69, 9.17) is 11.6 Å². The smallest absolute Gasteiger partial charge is 0.241 e. The molecule has 0 aliphatic heterocycles. The van der Waals surface area contributed by atoms with Crippen molar-refractivity contribution in [3.8, 4) is 0 Å². The van der Waals surface area contributed by atoms with E-state index in [-0.39, 0.29) is 12.5 Å². The van der Waals surface area contributed by atoms with Gasteiger partial charge in [0.2, 0.25) is 5.91 Å².